The van der Waals surface area contributed by atoms with Crippen molar-refractivity contribution in [1.29, 1.82) is 0 Å². The van der Waals surface area contributed by atoms with Gasteiger partial charge in [0.2, 0.25) is 11.8 Å². The number of amides is 2. The molecule has 7 nitrogen and oxygen atoms in total. The summed E-state index contributed by atoms with van der Waals surface area (Å²) >= 11 is 1.41. The molecule has 0 spiro atoms. The van der Waals surface area contributed by atoms with E-state index < -0.39 is 11.9 Å². The van der Waals surface area contributed by atoms with Gasteiger partial charge >= 0.3 is 5.97 Å². The van der Waals surface area contributed by atoms with E-state index in [0.29, 0.717) is 28.7 Å². The van der Waals surface area contributed by atoms with Crippen LogP contribution in [0.4, 0.5) is 15.1 Å². The van der Waals surface area contributed by atoms with Crippen LogP contribution < -0.4 is 10.2 Å². The average Bonchev–Trinajstić information content (AvgIpc) is 3.34. The maximum absolute atomic E-state index is 13.2. The van der Waals surface area contributed by atoms with Gasteiger partial charge in [-0.3, -0.25) is 14.5 Å². The van der Waals surface area contributed by atoms with Crippen LogP contribution in [-0.4, -0.2) is 48.4 Å². The number of rotatable bonds is 6. The van der Waals surface area contributed by atoms with Gasteiger partial charge in [0, 0.05) is 42.7 Å². The molecule has 1 unspecified atom stereocenters. The van der Waals surface area contributed by atoms with Crippen molar-refractivity contribution in [2.75, 3.05) is 29.9 Å². The van der Waals surface area contributed by atoms with E-state index in [-0.39, 0.29) is 37.2 Å². The molecule has 9 heteroatoms. The highest BCUT2D eigenvalue weighted by atomic mass is 32.1. The van der Waals surface area contributed by atoms with Crippen molar-refractivity contribution in [2.45, 2.75) is 46.2 Å². The maximum atomic E-state index is 13.2. The number of hydrogen-bond acceptors (Lipinski definition) is 6. The zero-order valence-electron chi connectivity index (χ0n) is 19.0. The Morgan fingerprint density at radius 3 is 2.67 bits per heavy atom. The van der Waals surface area contributed by atoms with Crippen molar-refractivity contribution in [1.82, 2.24) is 4.90 Å². The predicted octanol–water partition coefficient (Wildman–Crippen LogP) is 3.82. The lowest BCUT2D eigenvalue weighted by atomic mass is 10.0. The normalized spacial score (nSPS) is 18.5. The number of benzene rings is 1. The van der Waals surface area contributed by atoms with Crippen LogP contribution in [0.1, 0.15) is 48.0 Å². The van der Waals surface area contributed by atoms with Gasteiger partial charge in [0.1, 0.15) is 10.8 Å². The van der Waals surface area contributed by atoms with Crippen molar-refractivity contribution in [3.63, 3.8) is 0 Å². The number of fused-ring (bicyclic) bond motifs is 1. The fourth-order valence-electron chi connectivity index (χ4n) is 4.34. The molecular weight excluding hydrogens is 445 g/mol. The van der Waals surface area contributed by atoms with E-state index in [0.717, 1.165) is 23.5 Å². The van der Waals surface area contributed by atoms with Crippen LogP contribution in [0.15, 0.2) is 24.3 Å². The van der Waals surface area contributed by atoms with Gasteiger partial charge in [-0.15, -0.1) is 11.3 Å². The third-order valence-electron chi connectivity index (χ3n) is 6.17. The third-order valence-corrected chi connectivity index (χ3v) is 7.30. The molecule has 2 amide bonds. The molecule has 33 heavy (non-hydrogen) atoms. The molecule has 0 aliphatic carbocycles. The number of thiophene rings is 1. The van der Waals surface area contributed by atoms with Crippen molar-refractivity contribution >= 4 is 39.8 Å². The van der Waals surface area contributed by atoms with E-state index in [4.69, 9.17) is 4.74 Å². The molecule has 2 aliphatic rings. The summed E-state index contributed by atoms with van der Waals surface area (Å²) in [6, 6.07) is 6.02. The zero-order valence-corrected chi connectivity index (χ0v) is 19.8. The largest absolute Gasteiger partial charge is 0.462 e. The average molecular weight is 474 g/mol. The Kier molecular flexibility index (Phi) is 6.81. The van der Waals surface area contributed by atoms with E-state index in [9.17, 15) is 18.8 Å². The van der Waals surface area contributed by atoms with Crippen molar-refractivity contribution in [3.05, 3.63) is 46.1 Å². The van der Waals surface area contributed by atoms with Crippen molar-refractivity contribution < 1.29 is 23.5 Å². The number of nitrogens with zero attached hydrogens (tertiary/aromatic N) is 2. The Bertz CT molecular complexity index is 1070. The molecule has 2 aromatic rings. The SMILES string of the molecule is CCOC(=O)c1c(NC(=O)C2CC(=O)N(c3ccc(F)cc3)C2)sc2c1CCN(C(C)C)C2. The number of anilines is 2. The maximum Gasteiger partial charge on any atom is 0.341 e. The molecule has 1 atom stereocenters. The van der Waals surface area contributed by atoms with Crippen LogP contribution in [0, 0.1) is 11.7 Å². The highest BCUT2D eigenvalue weighted by molar-refractivity contribution is 7.17. The molecule has 2 aliphatic heterocycles. The van der Waals surface area contributed by atoms with Crippen LogP contribution in [0.25, 0.3) is 0 Å². The minimum absolute atomic E-state index is 0.0597. The van der Waals surface area contributed by atoms with Crippen LogP contribution in [0.3, 0.4) is 0 Å². The molecule has 4 rings (SSSR count). The first kappa shape index (κ1) is 23.4. The molecule has 1 fully saturated rings. The van der Waals surface area contributed by atoms with Gasteiger partial charge in [0.15, 0.2) is 0 Å². The highest BCUT2D eigenvalue weighted by Crippen LogP contribution is 2.39. The third kappa shape index (κ3) is 4.79. The summed E-state index contributed by atoms with van der Waals surface area (Å²) in [4.78, 5) is 43.3. The van der Waals surface area contributed by atoms with Crippen LogP contribution >= 0.6 is 11.3 Å². The first-order valence-electron chi connectivity index (χ1n) is 11.2. The van der Waals surface area contributed by atoms with Crippen LogP contribution in [0.5, 0.6) is 0 Å². The molecule has 1 saturated heterocycles. The summed E-state index contributed by atoms with van der Waals surface area (Å²) in [6.07, 6.45) is 0.776. The number of ether oxygens (including phenoxy) is 1. The summed E-state index contributed by atoms with van der Waals surface area (Å²) < 4.78 is 18.5. The van der Waals surface area contributed by atoms with Crippen LogP contribution in [0.2, 0.25) is 0 Å². The Hall–Kier alpha value is -2.78. The van der Waals surface area contributed by atoms with Gasteiger partial charge in [0.25, 0.3) is 0 Å². The second-order valence-electron chi connectivity index (χ2n) is 8.61. The Labute approximate surface area is 196 Å². The van der Waals surface area contributed by atoms with Crippen molar-refractivity contribution in [2.24, 2.45) is 5.92 Å². The van der Waals surface area contributed by atoms with E-state index in [1.807, 2.05) is 0 Å². The lowest BCUT2D eigenvalue weighted by molar-refractivity contribution is -0.122. The molecule has 1 aromatic carbocycles. The summed E-state index contributed by atoms with van der Waals surface area (Å²) in [5.74, 6) is -1.88. The summed E-state index contributed by atoms with van der Waals surface area (Å²) in [6.45, 7) is 8.04. The monoisotopic (exact) mass is 473 g/mol. The minimum atomic E-state index is -0.566. The van der Waals surface area contributed by atoms with E-state index in [1.54, 1.807) is 6.92 Å². The van der Waals surface area contributed by atoms with E-state index in [2.05, 4.69) is 24.1 Å². The summed E-state index contributed by atoms with van der Waals surface area (Å²) in [7, 11) is 0. The molecular formula is C24H28FN3O4S. The number of carbonyl (C=O) groups is 3. The van der Waals surface area contributed by atoms with E-state index in [1.165, 1.54) is 40.5 Å². The molecule has 0 radical (unpaired) electrons. The Morgan fingerprint density at radius 2 is 2.00 bits per heavy atom. The van der Waals surface area contributed by atoms with Gasteiger partial charge in [-0.25, -0.2) is 9.18 Å². The molecule has 1 aromatic heterocycles. The number of nitrogens with one attached hydrogen (secondary N) is 1. The number of carbonyl (C=O) groups excluding carboxylic acids is 3. The lowest BCUT2D eigenvalue weighted by Crippen LogP contribution is -2.35. The second kappa shape index (κ2) is 9.61. The van der Waals surface area contributed by atoms with Gasteiger partial charge in [0.05, 0.1) is 18.1 Å². The molecule has 0 saturated carbocycles. The van der Waals surface area contributed by atoms with Crippen LogP contribution in [-0.2, 0) is 27.3 Å². The standard InChI is InChI=1S/C24H28FN3O4S/c1-4-32-24(31)21-18-9-10-27(14(2)3)13-19(18)33-23(21)26-22(30)15-11-20(29)28(12-15)17-7-5-16(25)6-8-17/h5-8,14-15H,4,9-13H2,1-3H3,(H,26,30). The van der Waals surface area contributed by atoms with Gasteiger partial charge < -0.3 is 15.0 Å². The Balaban J connectivity index is 1.54. The number of esters is 1. The molecule has 0 bridgehead atoms. The lowest BCUT2D eigenvalue weighted by Gasteiger charge is -2.30. The highest BCUT2D eigenvalue weighted by Gasteiger charge is 2.37. The van der Waals surface area contributed by atoms with Gasteiger partial charge in [-0.05, 0) is 57.0 Å². The zero-order chi connectivity index (χ0) is 23.7. The molecule has 3 heterocycles. The van der Waals surface area contributed by atoms with Gasteiger partial charge in [-0.2, -0.15) is 0 Å². The first-order valence-corrected chi connectivity index (χ1v) is 12.0. The smallest absolute Gasteiger partial charge is 0.341 e. The fraction of sp³-hybridized carbons (Fsp3) is 0.458. The quantitative estimate of drug-likeness (QED) is 0.646. The second-order valence-corrected chi connectivity index (χ2v) is 9.72. The van der Waals surface area contributed by atoms with Crippen molar-refractivity contribution in [3.8, 4) is 0 Å². The summed E-state index contributed by atoms with van der Waals surface area (Å²) in [5, 5.41) is 3.40. The molecule has 1 N–H and O–H groups in total. The topological polar surface area (TPSA) is 78.9 Å². The Morgan fingerprint density at radius 1 is 1.27 bits per heavy atom. The first-order chi connectivity index (χ1) is 15.8. The number of hydrogen-bond donors (Lipinski definition) is 1. The summed E-state index contributed by atoms with van der Waals surface area (Å²) in [5.41, 5.74) is 1.94. The minimum Gasteiger partial charge on any atom is -0.462 e. The fourth-order valence-corrected chi connectivity index (χ4v) is 5.60. The predicted molar refractivity (Wildman–Crippen MR) is 125 cm³/mol. The number of halogens is 1. The van der Waals surface area contributed by atoms with Gasteiger partial charge in [-0.1, -0.05) is 0 Å². The van der Waals surface area contributed by atoms with E-state index >= 15 is 0 Å². The molecule has 176 valence electrons.